The number of hydrogen-bond donors (Lipinski definition) is 1. The van der Waals surface area contributed by atoms with Crippen LogP contribution in [0.25, 0.3) is 5.57 Å². The molecule has 1 aromatic carbocycles. The molecule has 0 unspecified atom stereocenters. The van der Waals surface area contributed by atoms with Crippen molar-refractivity contribution in [3.05, 3.63) is 66.3 Å². The van der Waals surface area contributed by atoms with E-state index in [-0.39, 0.29) is 0 Å². The van der Waals surface area contributed by atoms with Crippen molar-refractivity contribution in [2.24, 2.45) is 0 Å². The summed E-state index contributed by atoms with van der Waals surface area (Å²) in [5, 5.41) is 3.34. The van der Waals surface area contributed by atoms with Gasteiger partial charge in [0.2, 0.25) is 0 Å². The zero-order chi connectivity index (χ0) is 12.8. The fourth-order valence-corrected chi connectivity index (χ4v) is 1.72. The van der Waals surface area contributed by atoms with Crippen molar-refractivity contribution in [3.63, 3.8) is 0 Å². The Labute approximate surface area is 108 Å². The summed E-state index contributed by atoms with van der Waals surface area (Å²) < 4.78 is 0. The minimum atomic E-state index is 0.731. The van der Waals surface area contributed by atoms with Crippen LogP contribution < -0.4 is 5.32 Å². The summed E-state index contributed by atoms with van der Waals surface area (Å²) in [7, 11) is 0. The van der Waals surface area contributed by atoms with Crippen molar-refractivity contribution >= 4 is 5.57 Å². The van der Waals surface area contributed by atoms with E-state index in [1.54, 1.807) is 6.20 Å². The largest absolute Gasteiger partial charge is 0.307 e. The second-order valence-corrected chi connectivity index (χ2v) is 4.17. The Morgan fingerprint density at radius 3 is 2.72 bits per heavy atom. The van der Waals surface area contributed by atoms with E-state index in [1.807, 2.05) is 31.2 Å². The summed E-state index contributed by atoms with van der Waals surface area (Å²) in [6, 6.07) is 12.1. The van der Waals surface area contributed by atoms with Gasteiger partial charge >= 0.3 is 0 Å². The predicted molar refractivity (Wildman–Crippen MR) is 74.0 cm³/mol. The monoisotopic (exact) mass is 239 g/mol. The average Bonchev–Trinajstić information content (AvgIpc) is 2.40. The van der Waals surface area contributed by atoms with Crippen molar-refractivity contribution in [1.29, 1.82) is 0 Å². The first-order valence-electron chi connectivity index (χ1n) is 5.98. The lowest BCUT2D eigenvalue weighted by atomic mass is 10.1. The van der Waals surface area contributed by atoms with E-state index in [0.717, 1.165) is 30.2 Å². The van der Waals surface area contributed by atoms with Gasteiger partial charge in [-0.05, 0) is 24.1 Å². The molecule has 0 aliphatic heterocycles. The predicted octanol–water partition coefficient (Wildman–Crippen LogP) is 2.59. The summed E-state index contributed by atoms with van der Waals surface area (Å²) in [6.07, 6.45) is 1.78. The molecule has 92 valence electrons. The highest BCUT2D eigenvalue weighted by Gasteiger charge is 1.99. The molecule has 0 saturated carbocycles. The second-order valence-electron chi connectivity index (χ2n) is 4.17. The molecule has 0 saturated heterocycles. The summed E-state index contributed by atoms with van der Waals surface area (Å²) in [5.74, 6) is 0.802. The highest BCUT2D eigenvalue weighted by Crippen LogP contribution is 2.10. The summed E-state index contributed by atoms with van der Waals surface area (Å²) in [4.78, 5) is 8.41. The molecule has 0 bridgehead atoms. The highest BCUT2D eigenvalue weighted by molar-refractivity contribution is 5.64. The minimum absolute atomic E-state index is 0.731. The molecule has 18 heavy (non-hydrogen) atoms. The third-order valence-electron chi connectivity index (χ3n) is 2.66. The van der Waals surface area contributed by atoms with Crippen LogP contribution in [0.5, 0.6) is 0 Å². The first kappa shape index (κ1) is 12.5. The number of aromatic nitrogens is 2. The van der Waals surface area contributed by atoms with E-state index in [1.165, 1.54) is 5.56 Å². The molecular weight excluding hydrogens is 222 g/mol. The van der Waals surface area contributed by atoms with Gasteiger partial charge in [0.15, 0.2) is 0 Å². The highest BCUT2D eigenvalue weighted by atomic mass is 14.9. The van der Waals surface area contributed by atoms with Crippen molar-refractivity contribution in [3.8, 4) is 0 Å². The van der Waals surface area contributed by atoms with Crippen LogP contribution in [-0.2, 0) is 6.54 Å². The van der Waals surface area contributed by atoms with Crippen LogP contribution in [0, 0.1) is 6.92 Å². The van der Waals surface area contributed by atoms with Crippen molar-refractivity contribution < 1.29 is 0 Å². The van der Waals surface area contributed by atoms with E-state index in [4.69, 9.17) is 0 Å². The Hall–Kier alpha value is -2.00. The van der Waals surface area contributed by atoms with Crippen LogP contribution in [0.2, 0.25) is 0 Å². The number of rotatable bonds is 5. The van der Waals surface area contributed by atoms with Gasteiger partial charge < -0.3 is 5.32 Å². The zero-order valence-corrected chi connectivity index (χ0v) is 10.6. The van der Waals surface area contributed by atoms with Gasteiger partial charge in [-0.2, -0.15) is 0 Å². The smallest absolute Gasteiger partial charge is 0.125 e. The standard InChI is InChI=1S/C15H17N3/c1-12(14-6-4-3-5-7-14)10-16-11-15-8-9-17-13(2)18-15/h3-9,16H,1,10-11H2,2H3. The molecule has 0 radical (unpaired) electrons. The van der Waals surface area contributed by atoms with Gasteiger partial charge in [-0.15, -0.1) is 0 Å². The fourth-order valence-electron chi connectivity index (χ4n) is 1.72. The van der Waals surface area contributed by atoms with Gasteiger partial charge in [-0.25, -0.2) is 9.97 Å². The van der Waals surface area contributed by atoms with Crippen LogP contribution in [0.4, 0.5) is 0 Å². The molecule has 3 nitrogen and oxygen atoms in total. The van der Waals surface area contributed by atoms with Gasteiger partial charge in [0.1, 0.15) is 5.82 Å². The maximum absolute atomic E-state index is 4.34. The minimum Gasteiger partial charge on any atom is -0.307 e. The number of aryl methyl sites for hydroxylation is 1. The summed E-state index contributed by atoms with van der Waals surface area (Å²) in [6.45, 7) is 7.46. The molecule has 0 fully saturated rings. The van der Waals surface area contributed by atoms with Crippen LogP contribution in [0.15, 0.2) is 49.2 Å². The molecule has 0 atom stereocenters. The SMILES string of the molecule is C=C(CNCc1ccnc(C)n1)c1ccccc1. The van der Waals surface area contributed by atoms with Crippen LogP contribution in [-0.4, -0.2) is 16.5 Å². The van der Waals surface area contributed by atoms with E-state index < -0.39 is 0 Å². The summed E-state index contributed by atoms with van der Waals surface area (Å²) >= 11 is 0. The molecule has 0 aliphatic rings. The Balaban J connectivity index is 1.84. The Bertz CT molecular complexity index is 520. The Kier molecular flexibility index (Phi) is 4.20. The lowest BCUT2D eigenvalue weighted by Gasteiger charge is -2.07. The maximum Gasteiger partial charge on any atom is 0.125 e. The first-order valence-corrected chi connectivity index (χ1v) is 5.98. The third-order valence-corrected chi connectivity index (χ3v) is 2.66. The van der Waals surface area contributed by atoms with Gasteiger partial charge in [0.05, 0.1) is 5.69 Å². The van der Waals surface area contributed by atoms with Crippen LogP contribution in [0.3, 0.4) is 0 Å². The number of benzene rings is 1. The van der Waals surface area contributed by atoms with Crippen LogP contribution >= 0.6 is 0 Å². The number of hydrogen-bond acceptors (Lipinski definition) is 3. The maximum atomic E-state index is 4.34. The van der Waals surface area contributed by atoms with E-state index in [9.17, 15) is 0 Å². The molecule has 0 spiro atoms. The molecule has 1 heterocycles. The van der Waals surface area contributed by atoms with Crippen molar-refractivity contribution in [2.75, 3.05) is 6.54 Å². The van der Waals surface area contributed by atoms with Gasteiger partial charge in [0.25, 0.3) is 0 Å². The number of nitrogens with one attached hydrogen (secondary N) is 1. The quantitative estimate of drug-likeness (QED) is 0.871. The first-order chi connectivity index (χ1) is 8.75. The van der Waals surface area contributed by atoms with Crippen molar-refractivity contribution in [2.45, 2.75) is 13.5 Å². The summed E-state index contributed by atoms with van der Waals surface area (Å²) in [5.41, 5.74) is 3.26. The second kappa shape index (κ2) is 6.07. The normalized spacial score (nSPS) is 10.3. The molecule has 2 rings (SSSR count). The Morgan fingerprint density at radius 2 is 2.00 bits per heavy atom. The molecule has 2 aromatic rings. The fraction of sp³-hybridized carbons (Fsp3) is 0.200. The van der Waals surface area contributed by atoms with E-state index >= 15 is 0 Å². The Morgan fingerprint density at radius 1 is 1.22 bits per heavy atom. The molecule has 1 N–H and O–H groups in total. The third kappa shape index (κ3) is 3.50. The van der Waals surface area contributed by atoms with Gasteiger partial charge in [-0.3, -0.25) is 0 Å². The number of nitrogens with zero attached hydrogens (tertiary/aromatic N) is 2. The average molecular weight is 239 g/mol. The molecule has 0 aliphatic carbocycles. The molecule has 1 aromatic heterocycles. The zero-order valence-electron chi connectivity index (χ0n) is 10.6. The molecule has 3 heteroatoms. The van der Waals surface area contributed by atoms with Gasteiger partial charge in [-0.1, -0.05) is 36.9 Å². The molecule has 0 amide bonds. The van der Waals surface area contributed by atoms with E-state index in [0.29, 0.717) is 0 Å². The lowest BCUT2D eigenvalue weighted by Crippen LogP contribution is -2.16. The lowest BCUT2D eigenvalue weighted by molar-refractivity contribution is 0.739. The van der Waals surface area contributed by atoms with E-state index in [2.05, 4.69) is 34.0 Å². The topological polar surface area (TPSA) is 37.8 Å². The van der Waals surface area contributed by atoms with Crippen LogP contribution in [0.1, 0.15) is 17.1 Å². The molecular formula is C15H17N3. The van der Waals surface area contributed by atoms with Gasteiger partial charge in [0, 0.05) is 19.3 Å². The van der Waals surface area contributed by atoms with Crippen molar-refractivity contribution in [1.82, 2.24) is 15.3 Å².